The van der Waals surface area contributed by atoms with Crippen molar-refractivity contribution in [3.05, 3.63) is 58.6 Å². The molecule has 1 heterocycles. The third-order valence-corrected chi connectivity index (χ3v) is 4.98. The van der Waals surface area contributed by atoms with Gasteiger partial charge in [0.25, 0.3) is 5.91 Å². The van der Waals surface area contributed by atoms with Crippen molar-refractivity contribution < 1.29 is 19.4 Å². The van der Waals surface area contributed by atoms with Gasteiger partial charge in [-0.05, 0) is 67.8 Å². The van der Waals surface area contributed by atoms with Gasteiger partial charge in [0.05, 0.1) is 22.0 Å². The molecular formula is C21H22ClN3O4. The number of benzene rings is 2. The lowest BCUT2D eigenvalue weighted by Gasteiger charge is -2.15. The number of carbonyl (C=O) groups excluding carboxylic acids is 1. The molecule has 2 aromatic carbocycles. The molecule has 7 nitrogen and oxygen atoms in total. The Morgan fingerprint density at radius 1 is 1.14 bits per heavy atom. The maximum atomic E-state index is 12.0. The van der Waals surface area contributed by atoms with E-state index in [9.17, 15) is 9.59 Å². The highest BCUT2D eigenvalue weighted by molar-refractivity contribution is 6.33. The van der Waals surface area contributed by atoms with Gasteiger partial charge < -0.3 is 14.7 Å². The molecule has 8 heteroatoms. The van der Waals surface area contributed by atoms with Gasteiger partial charge in [0.2, 0.25) is 0 Å². The third-order valence-electron chi connectivity index (χ3n) is 4.65. The SMILES string of the molecule is C/C(=N/Nc1cc(C(=O)O)ccc1Cl)c1ccc(OCC(=O)N2CCCC2)cc1. The number of nitrogens with zero attached hydrogens (tertiary/aromatic N) is 2. The summed E-state index contributed by atoms with van der Waals surface area (Å²) in [6.45, 7) is 3.47. The fourth-order valence-corrected chi connectivity index (χ4v) is 3.11. The molecule has 29 heavy (non-hydrogen) atoms. The molecule has 0 aromatic heterocycles. The average Bonchev–Trinajstić information content (AvgIpc) is 3.26. The van der Waals surface area contributed by atoms with Gasteiger partial charge in [-0.2, -0.15) is 5.10 Å². The minimum absolute atomic E-state index is 0.00832. The topological polar surface area (TPSA) is 91.2 Å². The zero-order chi connectivity index (χ0) is 20.8. The van der Waals surface area contributed by atoms with Crippen LogP contribution in [0.25, 0.3) is 0 Å². The monoisotopic (exact) mass is 415 g/mol. The number of carboxylic acid groups (broad SMARTS) is 1. The molecule has 0 radical (unpaired) electrons. The molecule has 3 rings (SSSR count). The van der Waals surface area contributed by atoms with E-state index in [0.717, 1.165) is 31.5 Å². The van der Waals surface area contributed by atoms with Gasteiger partial charge >= 0.3 is 5.97 Å². The third kappa shape index (κ3) is 5.48. The first-order chi connectivity index (χ1) is 13.9. The zero-order valence-electron chi connectivity index (χ0n) is 16.0. The summed E-state index contributed by atoms with van der Waals surface area (Å²) < 4.78 is 5.58. The zero-order valence-corrected chi connectivity index (χ0v) is 16.8. The van der Waals surface area contributed by atoms with E-state index in [1.165, 1.54) is 18.2 Å². The molecule has 152 valence electrons. The summed E-state index contributed by atoms with van der Waals surface area (Å²) in [7, 11) is 0. The van der Waals surface area contributed by atoms with Crippen LogP contribution in [0.15, 0.2) is 47.6 Å². The molecule has 1 aliphatic rings. The Bertz CT molecular complexity index is 922. The molecule has 0 aliphatic carbocycles. The second-order valence-electron chi connectivity index (χ2n) is 6.71. The smallest absolute Gasteiger partial charge is 0.335 e. The standard InChI is InChI=1S/C21H22ClN3O4/c1-14(23-24-19-12-16(21(27)28)6-9-18(19)22)15-4-7-17(8-5-15)29-13-20(26)25-10-2-3-11-25/h4-9,12,24H,2-3,10-11,13H2,1H3,(H,27,28)/b23-14-. The van der Waals surface area contributed by atoms with Crippen molar-refractivity contribution in [2.24, 2.45) is 5.10 Å². The summed E-state index contributed by atoms with van der Waals surface area (Å²) in [6.07, 6.45) is 2.11. The van der Waals surface area contributed by atoms with Crippen LogP contribution in [-0.4, -0.2) is 47.3 Å². The summed E-state index contributed by atoms with van der Waals surface area (Å²) in [4.78, 5) is 24.9. The molecule has 0 bridgehead atoms. The van der Waals surface area contributed by atoms with E-state index in [1.807, 2.05) is 24.0 Å². The number of carboxylic acids is 1. The van der Waals surface area contributed by atoms with Crippen LogP contribution in [0.5, 0.6) is 5.75 Å². The molecule has 1 saturated heterocycles. The van der Waals surface area contributed by atoms with E-state index in [-0.39, 0.29) is 18.1 Å². The predicted molar refractivity (Wildman–Crippen MR) is 112 cm³/mol. The van der Waals surface area contributed by atoms with E-state index < -0.39 is 5.97 Å². The highest BCUT2D eigenvalue weighted by Crippen LogP contribution is 2.23. The van der Waals surface area contributed by atoms with Crippen LogP contribution in [0.2, 0.25) is 5.02 Å². The summed E-state index contributed by atoms with van der Waals surface area (Å²) in [5.74, 6) is -0.419. The maximum absolute atomic E-state index is 12.0. The Morgan fingerprint density at radius 3 is 2.45 bits per heavy atom. The number of hydrogen-bond acceptors (Lipinski definition) is 5. The van der Waals surface area contributed by atoms with Crippen molar-refractivity contribution in [1.29, 1.82) is 0 Å². The number of nitrogens with one attached hydrogen (secondary N) is 1. The van der Waals surface area contributed by atoms with Gasteiger partial charge in [-0.1, -0.05) is 11.6 Å². The van der Waals surface area contributed by atoms with Gasteiger partial charge in [-0.25, -0.2) is 4.79 Å². The van der Waals surface area contributed by atoms with Gasteiger partial charge in [-0.15, -0.1) is 0 Å². The first-order valence-corrected chi connectivity index (χ1v) is 9.66. The number of ether oxygens (including phenoxy) is 1. The normalized spacial score (nSPS) is 14.0. The van der Waals surface area contributed by atoms with Crippen LogP contribution < -0.4 is 10.2 Å². The number of aromatic carboxylic acids is 1. The van der Waals surface area contributed by atoms with Crippen molar-refractivity contribution in [1.82, 2.24) is 4.90 Å². The molecular weight excluding hydrogens is 394 g/mol. The van der Waals surface area contributed by atoms with Crippen molar-refractivity contribution >= 4 is 34.9 Å². The quantitative estimate of drug-likeness (QED) is 0.529. The Labute approximate surface area is 173 Å². The van der Waals surface area contributed by atoms with Crippen LogP contribution in [0.1, 0.15) is 35.7 Å². The molecule has 0 atom stereocenters. The van der Waals surface area contributed by atoms with Crippen molar-refractivity contribution in [2.75, 3.05) is 25.1 Å². The van der Waals surface area contributed by atoms with Crippen LogP contribution >= 0.6 is 11.6 Å². The molecule has 2 N–H and O–H groups in total. The van der Waals surface area contributed by atoms with Crippen molar-refractivity contribution in [3.63, 3.8) is 0 Å². The number of likely N-dealkylation sites (tertiary alicyclic amines) is 1. The van der Waals surface area contributed by atoms with Gasteiger partial charge in [-0.3, -0.25) is 10.2 Å². The number of carbonyl (C=O) groups is 2. The fourth-order valence-electron chi connectivity index (χ4n) is 2.95. The van der Waals surface area contributed by atoms with Gasteiger partial charge in [0.1, 0.15) is 5.75 Å². The van der Waals surface area contributed by atoms with E-state index in [4.69, 9.17) is 21.4 Å². The molecule has 1 fully saturated rings. The van der Waals surface area contributed by atoms with E-state index >= 15 is 0 Å². The Morgan fingerprint density at radius 2 is 1.79 bits per heavy atom. The second kappa shape index (κ2) is 9.43. The number of halogens is 1. The Kier molecular flexibility index (Phi) is 6.72. The van der Waals surface area contributed by atoms with Gasteiger partial charge in [0.15, 0.2) is 6.61 Å². The molecule has 1 amide bonds. The van der Waals surface area contributed by atoms with Crippen molar-refractivity contribution in [3.8, 4) is 5.75 Å². The molecule has 2 aromatic rings. The van der Waals surface area contributed by atoms with Crippen LogP contribution in [0, 0.1) is 0 Å². The largest absolute Gasteiger partial charge is 0.484 e. The van der Waals surface area contributed by atoms with E-state index in [2.05, 4.69) is 10.5 Å². The summed E-state index contributed by atoms with van der Waals surface area (Å²) >= 11 is 6.09. The number of amides is 1. The first-order valence-electron chi connectivity index (χ1n) is 9.28. The molecule has 0 unspecified atom stereocenters. The number of rotatable bonds is 7. The summed E-state index contributed by atoms with van der Waals surface area (Å²) in [5, 5.41) is 13.7. The number of anilines is 1. The van der Waals surface area contributed by atoms with E-state index in [0.29, 0.717) is 22.2 Å². The number of hydrazone groups is 1. The Hall–Kier alpha value is -3.06. The number of hydrogen-bond donors (Lipinski definition) is 2. The predicted octanol–water partition coefficient (Wildman–Crippen LogP) is 3.88. The van der Waals surface area contributed by atoms with E-state index in [1.54, 1.807) is 12.1 Å². The van der Waals surface area contributed by atoms with Crippen molar-refractivity contribution in [2.45, 2.75) is 19.8 Å². The Balaban J connectivity index is 1.59. The molecule has 0 saturated carbocycles. The second-order valence-corrected chi connectivity index (χ2v) is 7.12. The minimum atomic E-state index is -1.04. The van der Waals surface area contributed by atoms with Crippen LogP contribution in [0.4, 0.5) is 5.69 Å². The van der Waals surface area contributed by atoms with Crippen LogP contribution in [0.3, 0.4) is 0 Å². The highest BCUT2D eigenvalue weighted by atomic mass is 35.5. The summed E-state index contributed by atoms with van der Waals surface area (Å²) in [6, 6.07) is 11.6. The average molecular weight is 416 g/mol. The maximum Gasteiger partial charge on any atom is 0.335 e. The highest BCUT2D eigenvalue weighted by Gasteiger charge is 2.18. The minimum Gasteiger partial charge on any atom is -0.484 e. The summed E-state index contributed by atoms with van der Waals surface area (Å²) in [5.41, 5.74) is 4.86. The lowest BCUT2D eigenvalue weighted by Crippen LogP contribution is -2.32. The van der Waals surface area contributed by atoms with Gasteiger partial charge in [0, 0.05) is 13.1 Å². The molecule has 1 aliphatic heterocycles. The lowest BCUT2D eigenvalue weighted by molar-refractivity contribution is -0.132. The molecule has 0 spiro atoms. The lowest BCUT2D eigenvalue weighted by atomic mass is 10.1. The fraction of sp³-hybridized carbons (Fsp3) is 0.286. The van der Waals surface area contributed by atoms with Crippen LogP contribution in [-0.2, 0) is 4.79 Å². The first kappa shape index (κ1) is 20.7.